The van der Waals surface area contributed by atoms with Gasteiger partial charge in [-0.1, -0.05) is 0 Å². The summed E-state index contributed by atoms with van der Waals surface area (Å²) in [5.41, 5.74) is -0.530. The molecule has 0 aromatic heterocycles. The van der Waals surface area contributed by atoms with Gasteiger partial charge in [-0.25, -0.2) is 4.79 Å². The van der Waals surface area contributed by atoms with E-state index in [1.54, 1.807) is 4.90 Å². The van der Waals surface area contributed by atoms with Crippen LogP contribution in [0.2, 0.25) is 0 Å². The summed E-state index contributed by atoms with van der Waals surface area (Å²) < 4.78 is 5.38. The summed E-state index contributed by atoms with van der Waals surface area (Å²) >= 11 is 0. The fourth-order valence-corrected chi connectivity index (χ4v) is 3.64. The molecule has 2 bridgehead atoms. The van der Waals surface area contributed by atoms with E-state index in [0.717, 1.165) is 12.8 Å². The lowest BCUT2D eigenvalue weighted by atomic mass is 9.81. The monoisotopic (exact) mass is 300 g/mol. The van der Waals surface area contributed by atoms with Gasteiger partial charge in [-0.05, 0) is 45.4 Å². The summed E-state index contributed by atoms with van der Waals surface area (Å²) in [5.74, 6) is 0.187. The Morgan fingerprint density at radius 3 is 2.33 bits per heavy atom. The van der Waals surface area contributed by atoms with Crippen molar-refractivity contribution in [3.05, 3.63) is 10.1 Å². The van der Waals surface area contributed by atoms with Gasteiger partial charge in [0.2, 0.25) is 6.54 Å². The summed E-state index contributed by atoms with van der Waals surface area (Å²) in [6.07, 6.45) is 0.562. The molecule has 2 aliphatic rings. The van der Waals surface area contributed by atoms with Gasteiger partial charge in [0.15, 0.2) is 0 Å². The predicted molar refractivity (Wildman–Crippen MR) is 75.4 cm³/mol. The Balaban J connectivity index is 1.98. The molecule has 4 atom stereocenters. The number of rotatable bonds is 3. The average Bonchev–Trinajstić information content (AvgIpc) is 2.57. The Hall–Kier alpha value is -1.37. The number of fused-ring (bicyclic) bond motifs is 2. The molecular formula is C14H24N2O5. The molecule has 1 amide bonds. The molecule has 0 radical (unpaired) electrons. The molecule has 21 heavy (non-hydrogen) atoms. The van der Waals surface area contributed by atoms with Gasteiger partial charge in [0.25, 0.3) is 0 Å². The Labute approximate surface area is 124 Å². The minimum Gasteiger partial charge on any atom is -0.444 e. The van der Waals surface area contributed by atoms with E-state index in [1.807, 2.05) is 20.8 Å². The van der Waals surface area contributed by atoms with Gasteiger partial charge in [0.05, 0.1) is 0 Å². The Bertz CT molecular complexity index is 406. The van der Waals surface area contributed by atoms with Crippen LogP contribution < -0.4 is 0 Å². The maximum Gasteiger partial charge on any atom is 0.410 e. The molecular weight excluding hydrogens is 276 g/mol. The number of aliphatic hydroxyl groups excluding tert-OH is 1. The molecule has 3 unspecified atom stereocenters. The zero-order valence-corrected chi connectivity index (χ0v) is 12.8. The number of nitrogens with zero attached hydrogens (tertiary/aromatic N) is 2. The molecule has 7 nitrogen and oxygen atoms in total. The Kier molecular flexibility index (Phi) is 4.41. The molecule has 2 rings (SSSR count). The molecule has 0 aromatic rings. The van der Waals surface area contributed by atoms with Crippen molar-refractivity contribution in [2.24, 2.45) is 17.8 Å². The zero-order chi connectivity index (χ0) is 15.8. The fourth-order valence-electron chi connectivity index (χ4n) is 3.64. The van der Waals surface area contributed by atoms with Crippen molar-refractivity contribution >= 4 is 6.09 Å². The second kappa shape index (κ2) is 5.79. The third kappa shape index (κ3) is 3.84. The highest BCUT2D eigenvalue weighted by Gasteiger charge is 2.48. The molecule has 1 heterocycles. The number of carbonyl (C=O) groups excluding carboxylic acids is 1. The number of carbonyl (C=O) groups is 1. The van der Waals surface area contributed by atoms with Crippen molar-refractivity contribution in [3.8, 4) is 0 Å². The third-order valence-electron chi connectivity index (χ3n) is 4.34. The van der Waals surface area contributed by atoms with E-state index in [2.05, 4.69) is 0 Å². The van der Waals surface area contributed by atoms with Gasteiger partial charge in [-0.3, -0.25) is 10.1 Å². The quantitative estimate of drug-likeness (QED) is 0.630. The van der Waals surface area contributed by atoms with Crippen LogP contribution in [0, 0.1) is 27.9 Å². The van der Waals surface area contributed by atoms with E-state index >= 15 is 0 Å². The first-order valence-electron chi connectivity index (χ1n) is 7.45. The lowest BCUT2D eigenvalue weighted by molar-refractivity contribution is -0.493. The summed E-state index contributed by atoms with van der Waals surface area (Å²) in [6.45, 7) is 6.10. The molecule has 0 aromatic carbocycles. The maximum atomic E-state index is 12.1. The SMILES string of the molecule is CC(C)(C)OC(=O)N1CC2CC[C@@H](C1)C2C(O)C[N+](=O)[O-]. The van der Waals surface area contributed by atoms with Crippen LogP contribution in [-0.2, 0) is 4.74 Å². The molecule has 120 valence electrons. The smallest absolute Gasteiger partial charge is 0.410 e. The number of aliphatic hydroxyl groups is 1. The topological polar surface area (TPSA) is 92.9 Å². The molecule has 0 spiro atoms. The zero-order valence-electron chi connectivity index (χ0n) is 12.8. The largest absolute Gasteiger partial charge is 0.444 e. The van der Waals surface area contributed by atoms with Crippen LogP contribution in [0.3, 0.4) is 0 Å². The first kappa shape index (κ1) is 16.0. The lowest BCUT2D eigenvalue weighted by Gasteiger charge is -2.39. The van der Waals surface area contributed by atoms with E-state index in [1.165, 1.54) is 0 Å². The number of hydrogen-bond donors (Lipinski definition) is 1. The summed E-state index contributed by atoms with van der Waals surface area (Å²) in [5, 5.41) is 20.6. The number of likely N-dealkylation sites (tertiary alicyclic amines) is 1. The molecule has 7 heteroatoms. The highest BCUT2D eigenvalue weighted by molar-refractivity contribution is 5.68. The predicted octanol–water partition coefficient (Wildman–Crippen LogP) is 1.52. The standard InChI is InChI=1S/C14H24N2O5/c1-14(2,3)21-13(18)15-6-9-4-5-10(7-15)12(9)11(17)8-16(19)20/h9-12,17H,4-8H2,1-3H3/t9-,10?,11?,12?/m0/s1. The van der Waals surface area contributed by atoms with Crippen LogP contribution >= 0.6 is 0 Å². The summed E-state index contributed by atoms with van der Waals surface area (Å²) in [6, 6.07) is 0. The van der Waals surface area contributed by atoms with Crippen molar-refractivity contribution in [2.45, 2.75) is 45.3 Å². The van der Waals surface area contributed by atoms with Crippen LogP contribution in [-0.4, -0.2) is 52.4 Å². The number of amides is 1. The highest BCUT2D eigenvalue weighted by Crippen LogP contribution is 2.44. The van der Waals surface area contributed by atoms with E-state index < -0.39 is 23.2 Å². The maximum absolute atomic E-state index is 12.1. The molecule has 1 saturated heterocycles. The fraction of sp³-hybridized carbons (Fsp3) is 0.929. The van der Waals surface area contributed by atoms with Crippen molar-refractivity contribution in [1.29, 1.82) is 0 Å². The number of piperidine rings is 1. The van der Waals surface area contributed by atoms with Gasteiger partial charge in [0, 0.05) is 23.9 Å². The molecule has 1 N–H and O–H groups in total. The van der Waals surface area contributed by atoms with Crippen LogP contribution in [0.5, 0.6) is 0 Å². The Morgan fingerprint density at radius 2 is 1.90 bits per heavy atom. The molecule has 1 aliphatic heterocycles. The number of hydrogen-bond acceptors (Lipinski definition) is 5. The van der Waals surface area contributed by atoms with Gasteiger partial charge < -0.3 is 14.7 Å². The van der Waals surface area contributed by atoms with Crippen molar-refractivity contribution in [1.82, 2.24) is 4.90 Å². The van der Waals surface area contributed by atoms with Crippen molar-refractivity contribution < 1.29 is 19.6 Å². The van der Waals surface area contributed by atoms with Crippen LogP contribution in [0.15, 0.2) is 0 Å². The number of ether oxygens (including phenoxy) is 1. The first-order valence-corrected chi connectivity index (χ1v) is 7.45. The molecule has 1 saturated carbocycles. The summed E-state index contributed by atoms with van der Waals surface area (Å²) in [7, 11) is 0. The van der Waals surface area contributed by atoms with Gasteiger partial charge in [-0.2, -0.15) is 0 Å². The minimum atomic E-state index is -0.918. The first-order chi connectivity index (χ1) is 9.67. The minimum absolute atomic E-state index is 0.0749. The molecule has 2 fully saturated rings. The van der Waals surface area contributed by atoms with E-state index in [9.17, 15) is 20.0 Å². The second-order valence-corrected chi connectivity index (χ2v) is 7.14. The normalized spacial score (nSPS) is 30.1. The second-order valence-electron chi connectivity index (χ2n) is 7.14. The van der Waals surface area contributed by atoms with Gasteiger partial charge >= 0.3 is 6.09 Å². The van der Waals surface area contributed by atoms with Crippen molar-refractivity contribution in [2.75, 3.05) is 19.6 Å². The van der Waals surface area contributed by atoms with Gasteiger partial charge in [-0.15, -0.1) is 0 Å². The Morgan fingerprint density at radius 1 is 1.38 bits per heavy atom. The van der Waals surface area contributed by atoms with E-state index in [0.29, 0.717) is 13.1 Å². The van der Waals surface area contributed by atoms with E-state index in [4.69, 9.17) is 4.74 Å². The molecule has 1 aliphatic carbocycles. The van der Waals surface area contributed by atoms with Crippen LogP contribution in [0.4, 0.5) is 4.79 Å². The average molecular weight is 300 g/mol. The lowest BCUT2D eigenvalue weighted by Crippen LogP contribution is -2.50. The van der Waals surface area contributed by atoms with Crippen LogP contribution in [0.25, 0.3) is 0 Å². The highest BCUT2D eigenvalue weighted by atomic mass is 16.6. The third-order valence-corrected chi connectivity index (χ3v) is 4.34. The summed E-state index contributed by atoms with van der Waals surface area (Å²) in [4.78, 5) is 23.9. The van der Waals surface area contributed by atoms with Gasteiger partial charge in [0.1, 0.15) is 11.7 Å². The van der Waals surface area contributed by atoms with Crippen molar-refractivity contribution in [3.63, 3.8) is 0 Å². The van der Waals surface area contributed by atoms with E-state index in [-0.39, 0.29) is 23.8 Å². The number of nitro groups is 1. The van der Waals surface area contributed by atoms with Crippen LogP contribution in [0.1, 0.15) is 33.6 Å².